The van der Waals surface area contributed by atoms with E-state index >= 15 is 0 Å². The van der Waals surface area contributed by atoms with E-state index in [1.807, 2.05) is 50.2 Å². The van der Waals surface area contributed by atoms with Crippen LogP contribution in [-0.2, 0) is 0 Å². The Kier molecular flexibility index (Phi) is 2.91. The Balaban J connectivity index is 1.98. The molecule has 0 unspecified atom stereocenters. The van der Waals surface area contributed by atoms with Crippen LogP contribution in [0.15, 0.2) is 40.8 Å². The number of fused-ring (bicyclic) bond motifs is 1. The van der Waals surface area contributed by atoms with E-state index < -0.39 is 0 Å². The van der Waals surface area contributed by atoms with Crippen LogP contribution in [0.2, 0.25) is 0 Å². The van der Waals surface area contributed by atoms with Crippen LogP contribution in [0.25, 0.3) is 22.5 Å². The highest BCUT2D eigenvalue weighted by atomic mass is 16.5. The first-order valence-electron chi connectivity index (χ1n) is 6.23. The van der Waals surface area contributed by atoms with Crippen LogP contribution in [0.3, 0.4) is 0 Å². The second kappa shape index (κ2) is 4.72. The second-order valence-corrected chi connectivity index (χ2v) is 4.21. The Morgan fingerprint density at radius 2 is 1.84 bits per heavy atom. The lowest BCUT2D eigenvalue weighted by Crippen LogP contribution is -1.91. The number of hydrogen-bond acceptors (Lipinski definition) is 4. The van der Waals surface area contributed by atoms with Crippen molar-refractivity contribution >= 4 is 11.2 Å². The molecule has 2 aromatic heterocycles. The fraction of sp³-hybridized carbons (Fsp3) is 0.200. The van der Waals surface area contributed by atoms with Crippen molar-refractivity contribution in [3.8, 4) is 17.0 Å². The SMILES string of the molecule is CCOc1ccc(-c2ccc3oc(C)nc3n2)cc1. The van der Waals surface area contributed by atoms with Crippen LogP contribution >= 0.6 is 0 Å². The van der Waals surface area contributed by atoms with Crippen molar-refractivity contribution in [2.24, 2.45) is 0 Å². The molecule has 4 nitrogen and oxygen atoms in total. The normalized spacial score (nSPS) is 10.8. The third kappa shape index (κ3) is 2.29. The first-order chi connectivity index (χ1) is 9.26. The molecular weight excluding hydrogens is 240 g/mol. The summed E-state index contributed by atoms with van der Waals surface area (Å²) in [6, 6.07) is 11.7. The molecule has 0 aliphatic carbocycles. The zero-order valence-electron chi connectivity index (χ0n) is 10.9. The van der Waals surface area contributed by atoms with Gasteiger partial charge in [-0.25, -0.2) is 4.98 Å². The van der Waals surface area contributed by atoms with Gasteiger partial charge in [-0.3, -0.25) is 0 Å². The lowest BCUT2D eigenvalue weighted by atomic mass is 10.1. The quantitative estimate of drug-likeness (QED) is 0.716. The number of benzene rings is 1. The Morgan fingerprint density at radius 1 is 1.05 bits per heavy atom. The summed E-state index contributed by atoms with van der Waals surface area (Å²) < 4.78 is 10.8. The Labute approximate surface area is 111 Å². The van der Waals surface area contributed by atoms with Crippen LogP contribution in [0, 0.1) is 6.92 Å². The van der Waals surface area contributed by atoms with Gasteiger partial charge >= 0.3 is 0 Å². The van der Waals surface area contributed by atoms with Crippen molar-refractivity contribution in [2.75, 3.05) is 6.61 Å². The maximum atomic E-state index is 5.42. The van der Waals surface area contributed by atoms with Crippen molar-refractivity contribution in [2.45, 2.75) is 13.8 Å². The van der Waals surface area contributed by atoms with E-state index in [1.54, 1.807) is 0 Å². The molecule has 2 heterocycles. The average molecular weight is 254 g/mol. The summed E-state index contributed by atoms with van der Waals surface area (Å²) in [7, 11) is 0. The Hall–Kier alpha value is -2.36. The molecule has 0 radical (unpaired) electrons. The first kappa shape index (κ1) is 11.7. The highest BCUT2D eigenvalue weighted by Gasteiger charge is 2.06. The molecule has 0 aliphatic heterocycles. The van der Waals surface area contributed by atoms with Crippen LogP contribution in [0.4, 0.5) is 0 Å². The molecule has 0 atom stereocenters. The lowest BCUT2D eigenvalue weighted by molar-refractivity contribution is 0.340. The van der Waals surface area contributed by atoms with Crippen molar-refractivity contribution in [1.29, 1.82) is 0 Å². The summed E-state index contributed by atoms with van der Waals surface area (Å²) in [5.41, 5.74) is 3.27. The van der Waals surface area contributed by atoms with Gasteiger partial charge in [-0.2, -0.15) is 4.98 Å². The molecule has 19 heavy (non-hydrogen) atoms. The highest BCUT2D eigenvalue weighted by molar-refractivity contribution is 5.73. The molecule has 0 N–H and O–H groups in total. The number of aromatic nitrogens is 2. The summed E-state index contributed by atoms with van der Waals surface area (Å²) in [6.45, 7) is 4.45. The van der Waals surface area contributed by atoms with Gasteiger partial charge in [0.15, 0.2) is 17.1 Å². The van der Waals surface area contributed by atoms with E-state index in [-0.39, 0.29) is 0 Å². The van der Waals surface area contributed by atoms with E-state index in [4.69, 9.17) is 9.15 Å². The van der Waals surface area contributed by atoms with Gasteiger partial charge in [-0.05, 0) is 43.3 Å². The van der Waals surface area contributed by atoms with Crippen molar-refractivity contribution in [3.05, 3.63) is 42.3 Å². The van der Waals surface area contributed by atoms with E-state index in [2.05, 4.69) is 9.97 Å². The highest BCUT2D eigenvalue weighted by Crippen LogP contribution is 2.23. The van der Waals surface area contributed by atoms with Gasteiger partial charge in [0, 0.05) is 12.5 Å². The van der Waals surface area contributed by atoms with Gasteiger partial charge in [0.2, 0.25) is 0 Å². The van der Waals surface area contributed by atoms with Crippen molar-refractivity contribution < 1.29 is 9.15 Å². The fourth-order valence-electron chi connectivity index (χ4n) is 1.98. The van der Waals surface area contributed by atoms with Crippen molar-refractivity contribution in [3.63, 3.8) is 0 Å². The Bertz CT molecular complexity index is 702. The van der Waals surface area contributed by atoms with E-state index in [0.29, 0.717) is 23.7 Å². The van der Waals surface area contributed by atoms with E-state index in [1.165, 1.54) is 0 Å². The summed E-state index contributed by atoms with van der Waals surface area (Å²) in [4.78, 5) is 8.74. The molecule has 96 valence electrons. The number of ether oxygens (including phenoxy) is 1. The van der Waals surface area contributed by atoms with Gasteiger partial charge in [0.05, 0.1) is 12.3 Å². The third-order valence-electron chi connectivity index (χ3n) is 2.82. The summed E-state index contributed by atoms with van der Waals surface area (Å²) in [5.74, 6) is 1.50. The topological polar surface area (TPSA) is 48.2 Å². The zero-order chi connectivity index (χ0) is 13.2. The molecular formula is C15H14N2O2. The number of pyridine rings is 1. The van der Waals surface area contributed by atoms with E-state index in [9.17, 15) is 0 Å². The van der Waals surface area contributed by atoms with Crippen LogP contribution in [0.5, 0.6) is 5.75 Å². The van der Waals surface area contributed by atoms with Gasteiger partial charge in [0.25, 0.3) is 0 Å². The van der Waals surface area contributed by atoms with Crippen LogP contribution in [0.1, 0.15) is 12.8 Å². The zero-order valence-corrected chi connectivity index (χ0v) is 10.9. The molecule has 0 saturated heterocycles. The summed E-state index contributed by atoms with van der Waals surface area (Å²) >= 11 is 0. The maximum Gasteiger partial charge on any atom is 0.199 e. The largest absolute Gasteiger partial charge is 0.494 e. The number of rotatable bonds is 3. The maximum absolute atomic E-state index is 5.42. The van der Waals surface area contributed by atoms with Gasteiger partial charge in [-0.1, -0.05) is 0 Å². The standard InChI is InChI=1S/C15H14N2O2/c1-3-18-12-6-4-11(5-7-12)13-8-9-14-15(17-13)16-10(2)19-14/h4-9H,3H2,1-2H3. The average Bonchev–Trinajstić information content (AvgIpc) is 2.79. The fourth-order valence-corrected chi connectivity index (χ4v) is 1.98. The minimum absolute atomic E-state index is 0.631. The minimum Gasteiger partial charge on any atom is -0.494 e. The first-order valence-corrected chi connectivity index (χ1v) is 6.23. The number of oxazole rings is 1. The number of nitrogens with zero attached hydrogens (tertiary/aromatic N) is 2. The lowest BCUT2D eigenvalue weighted by Gasteiger charge is -2.04. The smallest absolute Gasteiger partial charge is 0.199 e. The molecule has 0 fully saturated rings. The summed E-state index contributed by atoms with van der Waals surface area (Å²) in [6.07, 6.45) is 0. The molecule has 0 aliphatic rings. The molecule has 0 amide bonds. The summed E-state index contributed by atoms with van der Waals surface area (Å²) in [5, 5.41) is 0. The molecule has 3 rings (SSSR count). The predicted molar refractivity (Wildman–Crippen MR) is 73.1 cm³/mol. The monoisotopic (exact) mass is 254 g/mol. The molecule has 0 spiro atoms. The van der Waals surface area contributed by atoms with Gasteiger partial charge < -0.3 is 9.15 Å². The molecule has 1 aromatic carbocycles. The van der Waals surface area contributed by atoms with Crippen LogP contribution in [-0.4, -0.2) is 16.6 Å². The minimum atomic E-state index is 0.631. The predicted octanol–water partition coefficient (Wildman–Crippen LogP) is 3.60. The molecule has 0 bridgehead atoms. The molecule has 0 saturated carbocycles. The van der Waals surface area contributed by atoms with Gasteiger partial charge in [-0.15, -0.1) is 0 Å². The second-order valence-electron chi connectivity index (χ2n) is 4.21. The van der Waals surface area contributed by atoms with E-state index in [0.717, 1.165) is 17.0 Å². The number of hydrogen-bond donors (Lipinski definition) is 0. The van der Waals surface area contributed by atoms with Crippen LogP contribution < -0.4 is 4.74 Å². The molecule has 4 heteroatoms. The Morgan fingerprint density at radius 3 is 2.58 bits per heavy atom. The molecule has 3 aromatic rings. The third-order valence-corrected chi connectivity index (χ3v) is 2.82. The number of aryl methyl sites for hydroxylation is 1. The van der Waals surface area contributed by atoms with Crippen molar-refractivity contribution in [1.82, 2.24) is 9.97 Å². The van der Waals surface area contributed by atoms with Gasteiger partial charge in [0.1, 0.15) is 5.75 Å².